The largest absolute Gasteiger partial charge is 0.476 e. The third-order valence-corrected chi connectivity index (χ3v) is 11.6. The Kier molecular flexibility index (Phi) is 46.9. The van der Waals surface area contributed by atoms with E-state index in [-0.39, 0.29) is 142 Å². The average molecular weight is 1240 g/mol. The third kappa shape index (κ3) is 44.0. The fourth-order valence-corrected chi connectivity index (χ4v) is 6.21. The standard InChI is InChI=1S/C22H26O6.C16H22O5.C12H22O5.C6H10O5.C6H10O4/c23-13-17-5-9-19(10-6-17)15-27-21(25)3-1-2-4-22(26)28-16-20-11-7-18(14-24)8-12-20;17-9-2-1-8-15(19)13-6-5-7-14(12-13)16(20)21-11-4-3-10-18;1-11(2,6-13)5-9(15)10(16)17-8-12(3,4)7-14;7-2-4-11-3-1-5(8)6(9)10;7-4-2-1-3-5(8)6(9)10/h5-12,23-24H,1-4,13-16H2;5-7,12,17-18H,1-4,8-11H2;13-14H,5-8H2,1-4H3;7H,1-4H2,(H,9,10);7H,1-4H2,(H,9,10). The number of carboxylic acids is 2. The van der Waals surface area contributed by atoms with E-state index >= 15 is 0 Å². The van der Waals surface area contributed by atoms with Gasteiger partial charge in [0.1, 0.15) is 13.2 Å². The molecule has 3 aromatic carbocycles. The number of hydrogen-bond donors (Lipinski definition) is 10. The van der Waals surface area contributed by atoms with Crippen LogP contribution in [0.2, 0.25) is 0 Å². The van der Waals surface area contributed by atoms with Crippen LogP contribution in [0.15, 0.2) is 72.8 Å². The van der Waals surface area contributed by atoms with E-state index in [0.29, 0.717) is 68.9 Å². The van der Waals surface area contributed by atoms with Gasteiger partial charge in [0, 0.05) is 75.9 Å². The number of hydrogen-bond acceptors (Lipinski definition) is 23. The number of carboxylic acid groups (broad SMARTS) is 2. The number of carbonyl (C=O) groups excluding carboxylic acids is 8. The van der Waals surface area contributed by atoms with Gasteiger partial charge in [-0.25, -0.2) is 19.2 Å². The lowest BCUT2D eigenvalue weighted by Crippen LogP contribution is -2.31. The second-order valence-electron chi connectivity index (χ2n) is 20.8. The minimum absolute atomic E-state index is 0.00632. The summed E-state index contributed by atoms with van der Waals surface area (Å²) in [7, 11) is 0. The van der Waals surface area contributed by atoms with Crippen molar-refractivity contribution in [3.63, 3.8) is 0 Å². The van der Waals surface area contributed by atoms with Crippen molar-refractivity contribution in [2.24, 2.45) is 10.8 Å². The van der Waals surface area contributed by atoms with Gasteiger partial charge < -0.3 is 74.7 Å². The number of ether oxygens (including phenoxy) is 5. The molecular formula is C62H90O25. The van der Waals surface area contributed by atoms with Crippen LogP contribution in [-0.4, -0.2) is 176 Å². The van der Waals surface area contributed by atoms with Gasteiger partial charge >= 0.3 is 35.8 Å². The van der Waals surface area contributed by atoms with Crippen molar-refractivity contribution in [1.82, 2.24) is 0 Å². The highest BCUT2D eigenvalue weighted by Crippen LogP contribution is 2.21. The lowest BCUT2D eigenvalue weighted by molar-refractivity contribution is -0.157. The molecule has 25 heteroatoms. The molecule has 0 fully saturated rings. The second kappa shape index (κ2) is 49.9. The van der Waals surface area contributed by atoms with Crippen LogP contribution in [-0.2, 0) is 88.5 Å². The number of benzene rings is 3. The van der Waals surface area contributed by atoms with E-state index in [2.05, 4.69) is 4.74 Å². The number of ketones is 4. The van der Waals surface area contributed by atoms with Crippen molar-refractivity contribution in [2.75, 3.05) is 66.1 Å². The van der Waals surface area contributed by atoms with Crippen molar-refractivity contribution in [3.8, 4) is 0 Å². The van der Waals surface area contributed by atoms with Crippen LogP contribution in [0.5, 0.6) is 0 Å². The predicted octanol–water partition coefficient (Wildman–Crippen LogP) is 4.35. The summed E-state index contributed by atoms with van der Waals surface area (Å²) in [6, 6.07) is 20.9. The van der Waals surface area contributed by atoms with Gasteiger partial charge in [-0.15, -0.1) is 0 Å². The molecule has 0 saturated carbocycles. The van der Waals surface area contributed by atoms with E-state index in [1.54, 1.807) is 70.2 Å². The SMILES string of the molecule is CC(C)(CO)COC(=O)C(=O)CC(C)(C)CO.O=C(CCCCC(=O)OCc1ccc(CO)cc1)OCc1ccc(CO)cc1.O=C(CCCCO)c1cccc(C(=O)OCCCCO)c1.O=C(O)C(=O)CCCCO.O=C(O)C(=O)CCOCCO. The Labute approximate surface area is 507 Å². The van der Waals surface area contributed by atoms with Crippen LogP contribution < -0.4 is 0 Å². The molecule has 0 aliphatic carbocycles. The van der Waals surface area contributed by atoms with Gasteiger partial charge in [0.05, 0.1) is 58.4 Å². The molecule has 488 valence electrons. The first-order valence-corrected chi connectivity index (χ1v) is 28.2. The molecule has 10 N–H and O–H groups in total. The first-order valence-electron chi connectivity index (χ1n) is 28.2. The average Bonchev–Trinajstić information content (AvgIpc) is 3.67. The molecular weight excluding hydrogens is 1140 g/mol. The van der Waals surface area contributed by atoms with Crippen LogP contribution in [0, 0.1) is 10.8 Å². The summed E-state index contributed by atoms with van der Waals surface area (Å²) in [6.07, 6.45) is 5.17. The molecule has 3 aromatic rings. The lowest BCUT2D eigenvalue weighted by atomic mass is 9.88. The zero-order chi connectivity index (χ0) is 66.1. The van der Waals surface area contributed by atoms with Crippen LogP contribution >= 0.6 is 0 Å². The topological polar surface area (TPSA) is 419 Å². The fourth-order valence-electron chi connectivity index (χ4n) is 6.21. The number of unbranched alkanes of at least 4 members (excludes halogenated alkanes) is 4. The number of esters is 4. The summed E-state index contributed by atoms with van der Waals surface area (Å²) in [5, 5.41) is 85.9. The molecule has 0 bridgehead atoms. The zero-order valence-electron chi connectivity index (χ0n) is 50.3. The van der Waals surface area contributed by atoms with Gasteiger partial charge in [0.25, 0.3) is 0 Å². The van der Waals surface area contributed by atoms with E-state index in [1.807, 2.05) is 24.3 Å². The minimum atomic E-state index is -1.45. The number of Topliss-reactive ketones (excluding diaryl/α,β-unsaturated/α-hetero) is 4. The van der Waals surface area contributed by atoms with Crippen LogP contribution in [0.25, 0.3) is 0 Å². The highest BCUT2D eigenvalue weighted by Gasteiger charge is 2.28. The van der Waals surface area contributed by atoms with Crippen LogP contribution in [0.4, 0.5) is 0 Å². The van der Waals surface area contributed by atoms with Crippen molar-refractivity contribution in [3.05, 3.63) is 106 Å². The van der Waals surface area contributed by atoms with Crippen molar-refractivity contribution in [1.29, 1.82) is 0 Å². The van der Waals surface area contributed by atoms with E-state index in [1.165, 1.54) is 6.07 Å². The molecule has 0 aliphatic heterocycles. The van der Waals surface area contributed by atoms with E-state index < -0.39 is 52.1 Å². The van der Waals surface area contributed by atoms with Crippen molar-refractivity contribution >= 4 is 58.9 Å². The second-order valence-corrected chi connectivity index (χ2v) is 20.8. The molecule has 0 spiro atoms. The first-order chi connectivity index (χ1) is 41.3. The zero-order valence-corrected chi connectivity index (χ0v) is 50.3. The van der Waals surface area contributed by atoms with Gasteiger partial charge in [-0.05, 0) is 91.2 Å². The maximum atomic E-state index is 11.9. The molecule has 0 amide bonds. The van der Waals surface area contributed by atoms with E-state index in [0.717, 1.165) is 22.3 Å². The molecule has 87 heavy (non-hydrogen) atoms. The Morgan fingerprint density at radius 2 is 0.851 bits per heavy atom. The molecule has 0 aromatic heterocycles. The molecule has 0 saturated heterocycles. The summed E-state index contributed by atoms with van der Waals surface area (Å²) in [6.45, 7) is 7.36. The molecule has 0 radical (unpaired) electrons. The van der Waals surface area contributed by atoms with Gasteiger partial charge in [-0.3, -0.25) is 28.8 Å². The summed E-state index contributed by atoms with van der Waals surface area (Å²) in [4.78, 5) is 111. The van der Waals surface area contributed by atoms with Gasteiger partial charge in [-0.1, -0.05) is 88.4 Å². The molecule has 0 heterocycles. The molecule has 0 atom stereocenters. The number of aliphatic carboxylic acids is 2. The quantitative estimate of drug-likeness (QED) is 0.0125. The summed E-state index contributed by atoms with van der Waals surface area (Å²) < 4.78 is 25.0. The van der Waals surface area contributed by atoms with Crippen LogP contribution in [0.3, 0.4) is 0 Å². The van der Waals surface area contributed by atoms with Gasteiger partial charge in [-0.2, -0.15) is 0 Å². The number of aliphatic hydroxyl groups excluding tert-OH is 8. The lowest BCUT2D eigenvalue weighted by Gasteiger charge is -2.22. The maximum absolute atomic E-state index is 11.9. The molecule has 25 nitrogen and oxygen atoms in total. The highest BCUT2D eigenvalue weighted by molar-refractivity contribution is 6.34. The predicted molar refractivity (Wildman–Crippen MR) is 312 cm³/mol. The van der Waals surface area contributed by atoms with E-state index in [4.69, 9.17) is 70.0 Å². The summed E-state index contributed by atoms with van der Waals surface area (Å²) in [5.74, 6) is -7.17. The molecule has 0 aliphatic rings. The van der Waals surface area contributed by atoms with Crippen molar-refractivity contribution in [2.45, 2.75) is 144 Å². The highest BCUT2D eigenvalue weighted by atomic mass is 16.5. The van der Waals surface area contributed by atoms with Crippen LogP contribution in [0.1, 0.15) is 161 Å². The monoisotopic (exact) mass is 1230 g/mol. The number of carbonyl (C=O) groups is 10. The maximum Gasteiger partial charge on any atom is 0.374 e. The van der Waals surface area contributed by atoms with Gasteiger partial charge in [0.2, 0.25) is 17.3 Å². The summed E-state index contributed by atoms with van der Waals surface area (Å²) >= 11 is 0. The number of aliphatic hydroxyl groups is 8. The Bertz CT molecular complexity index is 2400. The number of rotatable bonds is 39. The Hall–Kier alpha value is -7.20. The Morgan fingerprint density at radius 3 is 1.30 bits per heavy atom. The minimum Gasteiger partial charge on any atom is -0.476 e. The summed E-state index contributed by atoms with van der Waals surface area (Å²) in [5.41, 5.74) is 3.01. The molecule has 3 rings (SSSR count). The normalized spacial score (nSPS) is 10.6. The van der Waals surface area contributed by atoms with Gasteiger partial charge in [0.15, 0.2) is 5.78 Å². The first kappa shape index (κ1) is 81.9. The Morgan fingerprint density at radius 1 is 0.414 bits per heavy atom. The molecule has 0 unspecified atom stereocenters. The Balaban J connectivity index is 0. The van der Waals surface area contributed by atoms with Crippen molar-refractivity contribution < 1.29 is 123 Å². The van der Waals surface area contributed by atoms with E-state index in [9.17, 15) is 47.9 Å². The third-order valence-electron chi connectivity index (χ3n) is 11.6. The fraction of sp³-hybridized carbons (Fsp3) is 0.548. The smallest absolute Gasteiger partial charge is 0.374 e.